The standard InChI is InChI=1S/C27H35BrN4O/c1-17-11-22(12-23(13-28)32-15-18(2)31-19(3)16-32)27(4,5)26(30-6)24(25(17)33)21-9-7-20(14-29)8-10-21/h7-12,18-19,22,30-31H,13,15-16H2,1-6H3/b23-12+. The van der Waals surface area contributed by atoms with Crippen molar-refractivity contribution in [3.63, 3.8) is 0 Å². The van der Waals surface area contributed by atoms with E-state index in [-0.39, 0.29) is 17.1 Å². The summed E-state index contributed by atoms with van der Waals surface area (Å²) in [6.07, 6.45) is 4.45. The summed E-state index contributed by atoms with van der Waals surface area (Å²) >= 11 is 3.72. The van der Waals surface area contributed by atoms with Crippen LogP contribution in [-0.4, -0.2) is 48.2 Å². The van der Waals surface area contributed by atoms with Gasteiger partial charge in [-0.2, -0.15) is 5.26 Å². The Morgan fingerprint density at radius 1 is 1.27 bits per heavy atom. The number of nitriles is 1. The number of Topliss-reactive ketones (excluding diaryl/α,β-unsaturated/α-hetero) is 1. The van der Waals surface area contributed by atoms with Gasteiger partial charge in [-0.15, -0.1) is 0 Å². The summed E-state index contributed by atoms with van der Waals surface area (Å²) in [5, 5.41) is 16.9. The van der Waals surface area contributed by atoms with Gasteiger partial charge in [0.2, 0.25) is 0 Å². The lowest BCUT2D eigenvalue weighted by atomic mass is 9.74. The van der Waals surface area contributed by atoms with E-state index in [0.29, 0.717) is 23.2 Å². The summed E-state index contributed by atoms with van der Waals surface area (Å²) < 4.78 is 0. The Bertz CT molecular complexity index is 1020. The van der Waals surface area contributed by atoms with Gasteiger partial charge in [-0.05, 0) is 44.0 Å². The summed E-state index contributed by atoms with van der Waals surface area (Å²) in [7, 11) is 1.89. The SMILES string of the molecule is CNC1=C(c2ccc(C#N)cc2)C(=O)C(C)=CC(/C=C(\CBr)N2CC(C)NC(C)C2)C1(C)C. The second kappa shape index (κ2) is 10.3. The number of halogens is 1. The molecule has 1 fully saturated rings. The van der Waals surface area contributed by atoms with Gasteiger partial charge >= 0.3 is 0 Å². The summed E-state index contributed by atoms with van der Waals surface area (Å²) in [6.45, 7) is 12.7. The monoisotopic (exact) mass is 510 g/mol. The molecule has 0 spiro atoms. The van der Waals surface area contributed by atoms with Crippen molar-refractivity contribution >= 4 is 27.3 Å². The average Bonchev–Trinajstić information content (AvgIpc) is 2.84. The first-order valence-corrected chi connectivity index (χ1v) is 12.7. The number of ketones is 1. The quantitative estimate of drug-likeness (QED) is 0.565. The highest BCUT2D eigenvalue weighted by molar-refractivity contribution is 9.09. The number of allylic oxidation sites excluding steroid dienone is 6. The second-order valence-corrected chi connectivity index (χ2v) is 10.3. The van der Waals surface area contributed by atoms with E-state index in [2.05, 4.69) is 77.4 Å². The molecule has 33 heavy (non-hydrogen) atoms. The number of rotatable bonds is 5. The van der Waals surface area contributed by atoms with Crippen LogP contribution in [0, 0.1) is 22.7 Å². The van der Waals surface area contributed by atoms with Crippen LogP contribution in [-0.2, 0) is 4.79 Å². The molecule has 1 aliphatic carbocycles. The van der Waals surface area contributed by atoms with E-state index < -0.39 is 0 Å². The van der Waals surface area contributed by atoms with Gasteiger partial charge in [-0.3, -0.25) is 4.79 Å². The summed E-state index contributed by atoms with van der Waals surface area (Å²) in [4.78, 5) is 16.0. The first kappa shape index (κ1) is 25.3. The number of hydrogen-bond donors (Lipinski definition) is 2. The highest BCUT2D eigenvalue weighted by atomic mass is 79.9. The minimum Gasteiger partial charge on any atom is -0.390 e. The Morgan fingerprint density at radius 3 is 2.39 bits per heavy atom. The largest absolute Gasteiger partial charge is 0.390 e. The molecule has 176 valence electrons. The van der Waals surface area contributed by atoms with Crippen molar-refractivity contribution in [3.8, 4) is 6.07 Å². The van der Waals surface area contributed by atoms with Crippen molar-refractivity contribution in [1.82, 2.24) is 15.5 Å². The fraction of sp³-hybridized carbons (Fsp3) is 0.481. The molecule has 0 bridgehead atoms. The van der Waals surface area contributed by atoms with E-state index in [1.165, 1.54) is 5.70 Å². The van der Waals surface area contributed by atoms with Crippen molar-refractivity contribution < 1.29 is 4.79 Å². The lowest BCUT2D eigenvalue weighted by Gasteiger charge is -2.40. The molecule has 3 unspecified atom stereocenters. The normalized spacial score (nSPS) is 25.9. The molecule has 5 nitrogen and oxygen atoms in total. The Labute approximate surface area is 206 Å². The molecule has 3 rings (SSSR count). The van der Waals surface area contributed by atoms with Crippen LogP contribution in [0.15, 0.2) is 53.4 Å². The molecule has 1 aliphatic heterocycles. The summed E-state index contributed by atoms with van der Waals surface area (Å²) in [5.74, 6) is 0.0608. The number of piperazine rings is 1. The van der Waals surface area contributed by atoms with Gasteiger partial charge in [0.15, 0.2) is 5.78 Å². The minimum absolute atomic E-state index is 0.0258. The van der Waals surface area contributed by atoms with Gasteiger partial charge < -0.3 is 15.5 Å². The van der Waals surface area contributed by atoms with E-state index in [0.717, 1.165) is 35.3 Å². The van der Waals surface area contributed by atoms with Crippen LogP contribution in [0.5, 0.6) is 0 Å². The van der Waals surface area contributed by atoms with Crippen LogP contribution in [0.25, 0.3) is 5.57 Å². The van der Waals surface area contributed by atoms with Crippen LogP contribution < -0.4 is 10.6 Å². The van der Waals surface area contributed by atoms with Crippen molar-refractivity contribution in [3.05, 3.63) is 64.5 Å². The first-order chi connectivity index (χ1) is 15.6. The zero-order chi connectivity index (χ0) is 24.3. The zero-order valence-corrected chi connectivity index (χ0v) is 22.1. The Hall–Kier alpha value is -2.36. The lowest BCUT2D eigenvalue weighted by Crippen LogP contribution is -2.54. The Kier molecular flexibility index (Phi) is 7.87. The molecule has 2 N–H and O–H groups in total. The van der Waals surface area contributed by atoms with Crippen LogP contribution in [0.3, 0.4) is 0 Å². The van der Waals surface area contributed by atoms with Gasteiger partial charge in [0.05, 0.1) is 11.6 Å². The predicted octanol–water partition coefficient (Wildman–Crippen LogP) is 4.62. The number of nitrogens with one attached hydrogen (secondary N) is 2. The average molecular weight is 512 g/mol. The van der Waals surface area contributed by atoms with Crippen molar-refractivity contribution in [2.75, 3.05) is 25.5 Å². The smallest absolute Gasteiger partial charge is 0.190 e. The summed E-state index contributed by atoms with van der Waals surface area (Å²) in [5.41, 5.74) is 4.67. The molecule has 1 aromatic rings. The molecular formula is C27H35BrN4O. The maximum Gasteiger partial charge on any atom is 0.190 e. The topological polar surface area (TPSA) is 68.2 Å². The highest BCUT2D eigenvalue weighted by Crippen LogP contribution is 2.44. The molecule has 1 aromatic carbocycles. The first-order valence-electron chi connectivity index (χ1n) is 11.6. The molecule has 6 heteroatoms. The molecular weight excluding hydrogens is 476 g/mol. The third-order valence-corrected chi connectivity index (χ3v) is 7.34. The number of carbonyl (C=O) groups excluding carboxylic acids is 1. The van der Waals surface area contributed by atoms with Crippen molar-refractivity contribution in [2.24, 2.45) is 11.3 Å². The molecule has 3 atom stereocenters. The Morgan fingerprint density at radius 2 is 1.88 bits per heavy atom. The fourth-order valence-corrected chi connectivity index (χ4v) is 5.59. The fourth-order valence-electron chi connectivity index (χ4n) is 5.05. The van der Waals surface area contributed by atoms with Gasteiger partial charge in [0.25, 0.3) is 0 Å². The zero-order valence-electron chi connectivity index (χ0n) is 20.5. The molecule has 0 saturated carbocycles. The van der Waals surface area contributed by atoms with Crippen LogP contribution >= 0.6 is 15.9 Å². The van der Waals surface area contributed by atoms with Crippen molar-refractivity contribution in [1.29, 1.82) is 5.26 Å². The van der Waals surface area contributed by atoms with Gasteiger partial charge in [0.1, 0.15) is 0 Å². The summed E-state index contributed by atoms with van der Waals surface area (Å²) in [6, 6.07) is 10.3. The highest BCUT2D eigenvalue weighted by Gasteiger charge is 2.38. The molecule has 0 radical (unpaired) electrons. The number of nitrogens with zero attached hydrogens (tertiary/aromatic N) is 2. The molecule has 0 aromatic heterocycles. The molecule has 1 heterocycles. The third-order valence-electron chi connectivity index (χ3n) is 6.77. The van der Waals surface area contributed by atoms with E-state index in [1.807, 2.05) is 26.1 Å². The molecule has 2 aliphatic rings. The second-order valence-electron chi connectivity index (χ2n) is 9.78. The predicted molar refractivity (Wildman–Crippen MR) is 139 cm³/mol. The van der Waals surface area contributed by atoms with E-state index in [4.69, 9.17) is 0 Å². The van der Waals surface area contributed by atoms with Crippen LogP contribution in [0.4, 0.5) is 0 Å². The third kappa shape index (κ3) is 5.26. The minimum atomic E-state index is -0.343. The number of carbonyl (C=O) groups is 1. The lowest BCUT2D eigenvalue weighted by molar-refractivity contribution is -0.110. The van der Waals surface area contributed by atoms with E-state index >= 15 is 0 Å². The number of benzene rings is 1. The van der Waals surface area contributed by atoms with Crippen LogP contribution in [0.2, 0.25) is 0 Å². The van der Waals surface area contributed by atoms with Gasteiger partial charge in [-0.1, -0.05) is 54.1 Å². The van der Waals surface area contributed by atoms with Crippen LogP contribution in [0.1, 0.15) is 45.7 Å². The van der Waals surface area contributed by atoms with Gasteiger partial charge in [-0.25, -0.2) is 0 Å². The maximum absolute atomic E-state index is 13.6. The van der Waals surface area contributed by atoms with E-state index in [1.54, 1.807) is 12.1 Å². The van der Waals surface area contributed by atoms with E-state index in [9.17, 15) is 10.1 Å². The number of hydrogen-bond acceptors (Lipinski definition) is 5. The number of alkyl halides is 1. The molecule has 0 amide bonds. The molecule has 1 saturated heterocycles. The maximum atomic E-state index is 13.6. The van der Waals surface area contributed by atoms with Crippen molar-refractivity contribution in [2.45, 2.75) is 46.7 Å². The van der Waals surface area contributed by atoms with Gasteiger partial charge in [0, 0.05) is 65.9 Å². The Balaban J connectivity index is 2.11.